The predicted molar refractivity (Wildman–Crippen MR) is 70.1 cm³/mol. The van der Waals surface area contributed by atoms with Crippen LogP contribution in [0, 0.1) is 0 Å². The van der Waals surface area contributed by atoms with Crippen molar-refractivity contribution >= 4 is 21.6 Å². The highest BCUT2D eigenvalue weighted by Gasteiger charge is 2.14. The molecule has 1 atom stereocenters. The zero-order valence-corrected chi connectivity index (χ0v) is 9.89. The second-order valence-corrected chi connectivity index (χ2v) is 4.90. The first-order chi connectivity index (χ1) is 8.34. The highest BCUT2D eigenvalue weighted by atomic mass is 32.1. The molecule has 0 aliphatic carbocycles. The fraction of sp³-hybridized carbons (Fsp3) is 0.0714. The number of nitrogens with zero attached hydrogens (tertiary/aromatic N) is 1. The van der Waals surface area contributed by atoms with Crippen molar-refractivity contribution in [3.05, 3.63) is 65.2 Å². The number of hydrogen-bond acceptors (Lipinski definition) is 3. The van der Waals surface area contributed by atoms with Crippen LogP contribution in [-0.2, 0) is 0 Å². The van der Waals surface area contributed by atoms with E-state index in [0.717, 1.165) is 20.8 Å². The fourth-order valence-corrected chi connectivity index (χ4v) is 2.77. The van der Waals surface area contributed by atoms with E-state index < -0.39 is 6.10 Å². The Morgan fingerprint density at radius 2 is 1.65 bits per heavy atom. The highest BCUT2D eigenvalue weighted by molar-refractivity contribution is 7.18. The molecule has 0 radical (unpaired) electrons. The molecule has 0 fully saturated rings. The number of hydrogen-bond donors (Lipinski definition) is 1. The number of rotatable bonds is 2. The molecule has 1 N–H and O–H groups in total. The van der Waals surface area contributed by atoms with Crippen molar-refractivity contribution in [2.45, 2.75) is 6.10 Å². The second-order valence-electron chi connectivity index (χ2n) is 3.83. The van der Waals surface area contributed by atoms with Gasteiger partial charge in [-0.1, -0.05) is 42.5 Å². The number of aliphatic hydroxyl groups excluding tert-OH is 1. The van der Waals surface area contributed by atoms with E-state index >= 15 is 0 Å². The molecule has 84 valence electrons. The monoisotopic (exact) mass is 241 g/mol. The first kappa shape index (κ1) is 10.4. The van der Waals surface area contributed by atoms with Gasteiger partial charge in [-0.25, -0.2) is 4.98 Å². The first-order valence-electron chi connectivity index (χ1n) is 5.43. The molecule has 1 heterocycles. The van der Waals surface area contributed by atoms with E-state index in [1.807, 2.05) is 54.6 Å². The van der Waals surface area contributed by atoms with Gasteiger partial charge in [0.1, 0.15) is 11.1 Å². The molecule has 0 bridgehead atoms. The molecule has 0 saturated heterocycles. The van der Waals surface area contributed by atoms with Crippen molar-refractivity contribution in [1.29, 1.82) is 0 Å². The van der Waals surface area contributed by atoms with Gasteiger partial charge in [0.2, 0.25) is 0 Å². The number of para-hydroxylation sites is 1. The lowest BCUT2D eigenvalue weighted by Gasteiger charge is -2.06. The summed E-state index contributed by atoms with van der Waals surface area (Å²) in [6, 6.07) is 17.5. The summed E-state index contributed by atoms with van der Waals surface area (Å²) >= 11 is 1.54. The van der Waals surface area contributed by atoms with Crippen molar-refractivity contribution in [2.75, 3.05) is 0 Å². The van der Waals surface area contributed by atoms with Crippen molar-refractivity contribution in [1.82, 2.24) is 4.98 Å². The minimum Gasteiger partial charge on any atom is -0.381 e. The van der Waals surface area contributed by atoms with E-state index in [9.17, 15) is 5.11 Å². The molecular formula is C14H11NOS. The smallest absolute Gasteiger partial charge is 0.131 e. The van der Waals surface area contributed by atoms with Crippen LogP contribution < -0.4 is 0 Å². The van der Waals surface area contributed by atoms with E-state index in [-0.39, 0.29) is 0 Å². The minimum atomic E-state index is -0.631. The van der Waals surface area contributed by atoms with Crippen LogP contribution in [0.25, 0.3) is 10.2 Å². The van der Waals surface area contributed by atoms with Crippen molar-refractivity contribution in [3.63, 3.8) is 0 Å². The van der Waals surface area contributed by atoms with Crippen LogP contribution in [0.15, 0.2) is 54.6 Å². The highest BCUT2D eigenvalue weighted by Crippen LogP contribution is 2.29. The predicted octanol–water partition coefficient (Wildman–Crippen LogP) is 3.38. The van der Waals surface area contributed by atoms with Gasteiger partial charge in [0.05, 0.1) is 10.2 Å². The van der Waals surface area contributed by atoms with Gasteiger partial charge in [0.15, 0.2) is 0 Å². The standard InChI is InChI=1S/C14H11NOS/c16-13(10-6-2-1-3-7-10)14-15-11-8-4-5-9-12(11)17-14/h1-9,13,16H/t13-/m0/s1. The number of thiazole rings is 1. The molecule has 3 aromatic rings. The van der Waals surface area contributed by atoms with Crippen LogP contribution in [0.3, 0.4) is 0 Å². The van der Waals surface area contributed by atoms with Crippen LogP contribution in [0.5, 0.6) is 0 Å². The summed E-state index contributed by atoms with van der Waals surface area (Å²) in [5.74, 6) is 0. The van der Waals surface area contributed by atoms with Crippen molar-refractivity contribution in [3.8, 4) is 0 Å². The van der Waals surface area contributed by atoms with Crippen molar-refractivity contribution in [2.24, 2.45) is 0 Å². The molecule has 2 aromatic carbocycles. The third-order valence-corrected chi connectivity index (χ3v) is 3.75. The number of aromatic nitrogens is 1. The number of fused-ring (bicyclic) bond motifs is 1. The molecule has 0 aliphatic heterocycles. The van der Waals surface area contributed by atoms with E-state index in [2.05, 4.69) is 4.98 Å². The summed E-state index contributed by atoms with van der Waals surface area (Å²) in [7, 11) is 0. The number of aliphatic hydroxyl groups is 1. The third kappa shape index (κ3) is 1.95. The van der Waals surface area contributed by atoms with Gasteiger partial charge in [0, 0.05) is 0 Å². The summed E-state index contributed by atoms with van der Waals surface area (Å²) < 4.78 is 1.11. The average Bonchev–Trinajstić information content (AvgIpc) is 2.82. The summed E-state index contributed by atoms with van der Waals surface area (Å²) in [5.41, 5.74) is 1.83. The SMILES string of the molecule is O[C@@H](c1ccccc1)c1nc2ccccc2s1. The topological polar surface area (TPSA) is 33.1 Å². The molecular weight excluding hydrogens is 230 g/mol. The van der Waals surface area contributed by atoms with Gasteiger partial charge in [0.25, 0.3) is 0 Å². The van der Waals surface area contributed by atoms with E-state index in [1.54, 1.807) is 0 Å². The summed E-state index contributed by atoms with van der Waals surface area (Å²) in [5, 5.41) is 11.0. The van der Waals surface area contributed by atoms with E-state index in [1.165, 1.54) is 11.3 Å². The first-order valence-corrected chi connectivity index (χ1v) is 6.25. The van der Waals surface area contributed by atoms with E-state index in [4.69, 9.17) is 0 Å². The molecule has 0 unspecified atom stereocenters. The summed E-state index contributed by atoms with van der Waals surface area (Å²) in [4.78, 5) is 4.46. The Labute approximate surface area is 103 Å². The van der Waals surface area contributed by atoms with Gasteiger partial charge in [-0.3, -0.25) is 0 Å². The maximum absolute atomic E-state index is 10.2. The molecule has 0 aliphatic rings. The van der Waals surface area contributed by atoms with Crippen LogP contribution in [0.2, 0.25) is 0 Å². The lowest BCUT2D eigenvalue weighted by molar-refractivity contribution is 0.220. The molecule has 3 rings (SSSR count). The maximum Gasteiger partial charge on any atom is 0.131 e. The Morgan fingerprint density at radius 3 is 2.41 bits per heavy atom. The largest absolute Gasteiger partial charge is 0.381 e. The van der Waals surface area contributed by atoms with Crippen LogP contribution in [0.4, 0.5) is 0 Å². The van der Waals surface area contributed by atoms with Crippen LogP contribution >= 0.6 is 11.3 Å². The molecule has 17 heavy (non-hydrogen) atoms. The van der Waals surface area contributed by atoms with E-state index in [0.29, 0.717) is 0 Å². The Hall–Kier alpha value is -1.71. The van der Waals surface area contributed by atoms with Gasteiger partial charge in [-0.2, -0.15) is 0 Å². The third-order valence-electron chi connectivity index (χ3n) is 2.66. The lowest BCUT2D eigenvalue weighted by atomic mass is 10.1. The number of benzene rings is 2. The van der Waals surface area contributed by atoms with Crippen molar-refractivity contribution < 1.29 is 5.11 Å². The maximum atomic E-state index is 10.2. The normalized spacial score (nSPS) is 12.8. The van der Waals surface area contributed by atoms with Gasteiger partial charge in [-0.05, 0) is 17.7 Å². The van der Waals surface area contributed by atoms with Gasteiger partial charge >= 0.3 is 0 Å². The molecule has 2 nitrogen and oxygen atoms in total. The zero-order valence-electron chi connectivity index (χ0n) is 9.08. The minimum absolute atomic E-state index is 0.631. The van der Waals surface area contributed by atoms with Crippen LogP contribution in [-0.4, -0.2) is 10.1 Å². The Morgan fingerprint density at radius 1 is 0.941 bits per heavy atom. The molecule has 0 spiro atoms. The molecule has 3 heteroatoms. The summed E-state index contributed by atoms with van der Waals surface area (Å²) in [6.07, 6.45) is -0.631. The van der Waals surface area contributed by atoms with Gasteiger partial charge < -0.3 is 5.11 Å². The Bertz CT molecular complexity index is 600. The summed E-state index contributed by atoms with van der Waals surface area (Å²) in [6.45, 7) is 0. The Balaban J connectivity index is 2.04. The molecule has 0 saturated carbocycles. The quantitative estimate of drug-likeness (QED) is 0.746. The molecule has 0 amide bonds. The Kier molecular flexibility index (Phi) is 2.63. The zero-order chi connectivity index (χ0) is 11.7. The molecule has 1 aromatic heterocycles. The van der Waals surface area contributed by atoms with Gasteiger partial charge in [-0.15, -0.1) is 11.3 Å². The lowest BCUT2D eigenvalue weighted by Crippen LogP contribution is -1.97. The fourth-order valence-electron chi connectivity index (χ4n) is 1.78. The second kappa shape index (κ2) is 4.28. The average molecular weight is 241 g/mol. The van der Waals surface area contributed by atoms with Crippen LogP contribution in [0.1, 0.15) is 16.7 Å².